The quantitative estimate of drug-likeness (QED) is 0.854. The third-order valence-corrected chi connectivity index (χ3v) is 6.46. The highest BCUT2D eigenvalue weighted by atomic mass is 32.1. The summed E-state index contributed by atoms with van der Waals surface area (Å²) in [6, 6.07) is 3.70. The molecule has 2 aliphatic rings. The van der Waals surface area contributed by atoms with Gasteiger partial charge in [-0.2, -0.15) is 0 Å². The molecule has 7 nitrogen and oxygen atoms in total. The first-order chi connectivity index (χ1) is 13.5. The molecule has 1 saturated heterocycles. The topological polar surface area (TPSA) is 86.4 Å². The van der Waals surface area contributed by atoms with Gasteiger partial charge in [-0.25, -0.2) is 4.98 Å². The fourth-order valence-corrected chi connectivity index (χ4v) is 4.76. The summed E-state index contributed by atoms with van der Waals surface area (Å²) in [7, 11) is 0. The van der Waals surface area contributed by atoms with Crippen molar-refractivity contribution in [3.63, 3.8) is 0 Å². The summed E-state index contributed by atoms with van der Waals surface area (Å²) in [6.07, 6.45) is 3.63. The van der Waals surface area contributed by atoms with Crippen LogP contribution >= 0.6 is 11.3 Å². The van der Waals surface area contributed by atoms with Crippen LogP contribution in [0.5, 0.6) is 0 Å². The second kappa shape index (κ2) is 7.87. The van der Waals surface area contributed by atoms with Gasteiger partial charge in [0.2, 0.25) is 11.8 Å². The maximum Gasteiger partial charge on any atom is 0.254 e. The fraction of sp³-hybridized carbons (Fsp3) is 0.500. The van der Waals surface area contributed by atoms with Gasteiger partial charge in [0.25, 0.3) is 5.56 Å². The lowest BCUT2D eigenvalue weighted by Crippen LogP contribution is -2.42. The molecule has 148 valence electrons. The summed E-state index contributed by atoms with van der Waals surface area (Å²) in [5, 5.41) is 1.97. The molecule has 0 aromatic carbocycles. The molecule has 2 amide bonds. The number of amides is 2. The largest absolute Gasteiger partial charge is 0.337 e. The van der Waals surface area contributed by atoms with Crippen molar-refractivity contribution in [3.8, 4) is 0 Å². The van der Waals surface area contributed by atoms with Gasteiger partial charge in [-0.05, 0) is 37.1 Å². The predicted molar refractivity (Wildman–Crippen MR) is 106 cm³/mol. The van der Waals surface area contributed by atoms with Gasteiger partial charge in [-0.1, -0.05) is 6.07 Å². The van der Waals surface area contributed by atoms with E-state index in [0.29, 0.717) is 49.6 Å². The van der Waals surface area contributed by atoms with Crippen LogP contribution in [0.4, 0.5) is 0 Å². The molecule has 0 unspecified atom stereocenters. The summed E-state index contributed by atoms with van der Waals surface area (Å²) < 4.78 is 0. The van der Waals surface area contributed by atoms with Crippen LogP contribution in [0.1, 0.15) is 54.2 Å². The van der Waals surface area contributed by atoms with E-state index in [1.54, 1.807) is 16.2 Å². The predicted octanol–water partition coefficient (Wildman–Crippen LogP) is 2.03. The number of hydrogen-bond donors (Lipinski definition) is 1. The van der Waals surface area contributed by atoms with Crippen LogP contribution in [0.15, 0.2) is 22.3 Å². The van der Waals surface area contributed by atoms with Crippen molar-refractivity contribution in [1.82, 2.24) is 19.8 Å². The van der Waals surface area contributed by atoms with Crippen LogP contribution in [-0.4, -0.2) is 44.7 Å². The zero-order valence-corrected chi connectivity index (χ0v) is 16.8. The Bertz CT molecular complexity index is 937. The number of likely N-dealkylation sites (tertiary alicyclic amines) is 1. The van der Waals surface area contributed by atoms with Crippen molar-refractivity contribution in [2.45, 2.75) is 51.6 Å². The molecule has 1 N–H and O–H groups in total. The number of hydrogen-bond acceptors (Lipinski definition) is 5. The van der Waals surface area contributed by atoms with E-state index >= 15 is 0 Å². The Hall–Kier alpha value is -2.48. The van der Waals surface area contributed by atoms with Crippen molar-refractivity contribution < 1.29 is 9.59 Å². The number of fused-ring (bicyclic) bond motifs is 1. The number of aromatic nitrogens is 2. The Morgan fingerprint density at radius 1 is 1.32 bits per heavy atom. The van der Waals surface area contributed by atoms with E-state index in [2.05, 4.69) is 4.98 Å². The molecule has 0 bridgehead atoms. The highest BCUT2D eigenvalue weighted by Gasteiger charge is 2.31. The normalized spacial score (nSPS) is 19.4. The maximum absolute atomic E-state index is 12.9. The van der Waals surface area contributed by atoms with Gasteiger partial charge in [0.15, 0.2) is 0 Å². The Morgan fingerprint density at radius 2 is 2.18 bits per heavy atom. The number of aromatic amines is 1. The zero-order valence-electron chi connectivity index (χ0n) is 15.9. The standard InChI is InChI=1S/C20H24N4O3S/c1-13(25)23-9-7-15-16(12-23)21-19(22-20(15)27)17-6-2-3-8-24(17)18(26)11-14-5-4-10-28-14/h4-5,10,17H,2-3,6-9,11-12H2,1H3,(H,21,22,27)/t17-/m1/s1. The number of nitrogens with zero attached hydrogens (tertiary/aromatic N) is 3. The van der Waals surface area contributed by atoms with Gasteiger partial charge in [0, 0.05) is 30.5 Å². The second-order valence-corrected chi connectivity index (χ2v) is 8.45. The number of H-pyrrole nitrogens is 1. The minimum Gasteiger partial charge on any atom is -0.337 e. The SMILES string of the molecule is CC(=O)N1CCc2c(nc([C@H]3CCCCN3C(=O)Cc3cccs3)[nH]c2=O)C1. The molecular weight excluding hydrogens is 376 g/mol. The van der Waals surface area contributed by atoms with Gasteiger partial charge in [0.05, 0.1) is 24.7 Å². The average Bonchev–Trinajstić information content (AvgIpc) is 3.20. The first kappa shape index (κ1) is 18.9. The third kappa shape index (κ3) is 3.73. The molecule has 2 aliphatic heterocycles. The molecule has 28 heavy (non-hydrogen) atoms. The van der Waals surface area contributed by atoms with E-state index in [1.807, 2.05) is 22.4 Å². The lowest BCUT2D eigenvalue weighted by molar-refractivity contribution is -0.134. The van der Waals surface area contributed by atoms with Crippen LogP contribution in [0.25, 0.3) is 0 Å². The lowest BCUT2D eigenvalue weighted by Gasteiger charge is -2.36. The molecule has 1 atom stereocenters. The molecule has 8 heteroatoms. The number of thiophene rings is 1. The Labute approximate surface area is 167 Å². The number of rotatable bonds is 3. The smallest absolute Gasteiger partial charge is 0.254 e. The van der Waals surface area contributed by atoms with E-state index in [4.69, 9.17) is 4.98 Å². The van der Waals surface area contributed by atoms with Crippen molar-refractivity contribution in [1.29, 1.82) is 0 Å². The molecular formula is C20H24N4O3S. The van der Waals surface area contributed by atoms with Gasteiger partial charge in [0.1, 0.15) is 5.82 Å². The molecule has 4 heterocycles. The van der Waals surface area contributed by atoms with E-state index in [1.165, 1.54) is 6.92 Å². The fourth-order valence-electron chi connectivity index (χ4n) is 4.06. The second-order valence-electron chi connectivity index (χ2n) is 7.42. The first-order valence-electron chi connectivity index (χ1n) is 9.72. The summed E-state index contributed by atoms with van der Waals surface area (Å²) in [5.41, 5.74) is 1.18. The minimum absolute atomic E-state index is 0.0142. The molecule has 0 aliphatic carbocycles. The molecule has 0 radical (unpaired) electrons. The Kier molecular flexibility index (Phi) is 5.30. The number of nitrogens with one attached hydrogen (secondary N) is 1. The van der Waals surface area contributed by atoms with Gasteiger partial charge < -0.3 is 14.8 Å². The molecule has 2 aromatic heterocycles. The van der Waals surface area contributed by atoms with Gasteiger partial charge >= 0.3 is 0 Å². The summed E-state index contributed by atoms with van der Waals surface area (Å²) in [4.78, 5) is 49.6. The van der Waals surface area contributed by atoms with Crippen LogP contribution in [0.2, 0.25) is 0 Å². The van der Waals surface area contributed by atoms with Crippen LogP contribution in [-0.2, 0) is 29.0 Å². The Balaban J connectivity index is 1.62. The summed E-state index contributed by atoms with van der Waals surface area (Å²) in [6.45, 7) is 3.11. The molecule has 0 saturated carbocycles. The lowest BCUT2D eigenvalue weighted by atomic mass is 9.99. The van der Waals surface area contributed by atoms with Crippen molar-refractivity contribution in [2.24, 2.45) is 0 Å². The van der Waals surface area contributed by atoms with Crippen LogP contribution in [0, 0.1) is 0 Å². The van der Waals surface area contributed by atoms with Gasteiger partial charge in [-0.15, -0.1) is 11.3 Å². The van der Waals surface area contributed by atoms with E-state index in [0.717, 1.165) is 24.1 Å². The van der Waals surface area contributed by atoms with Crippen LogP contribution < -0.4 is 5.56 Å². The van der Waals surface area contributed by atoms with E-state index in [-0.39, 0.29) is 23.4 Å². The van der Waals surface area contributed by atoms with Crippen molar-refractivity contribution in [3.05, 3.63) is 49.8 Å². The zero-order chi connectivity index (χ0) is 19.7. The molecule has 4 rings (SSSR count). The number of carbonyl (C=O) groups excluding carboxylic acids is 2. The molecule has 1 fully saturated rings. The summed E-state index contributed by atoms with van der Waals surface area (Å²) in [5.74, 6) is 0.603. The maximum atomic E-state index is 12.9. The van der Waals surface area contributed by atoms with Crippen molar-refractivity contribution >= 4 is 23.2 Å². The number of carbonyl (C=O) groups is 2. The van der Waals surface area contributed by atoms with Crippen molar-refractivity contribution in [2.75, 3.05) is 13.1 Å². The summed E-state index contributed by atoms with van der Waals surface area (Å²) >= 11 is 1.58. The highest BCUT2D eigenvalue weighted by Crippen LogP contribution is 2.30. The highest BCUT2D eigenvalue weighted by molar-refractivity contribution is 7.10. The Morgan fingerprint density at radius 3 is 2.93 bits per heavy atom. The minimum atomic E-state index is -0.216. The van der Waals surface area contributed by atoms with E-state index < -0.39 is 0 Å². The number of piperidine rings is 1. The third-order valence-electron chi connectivity index (χ3n) is 5.58. The average molecular weight is 401 g/mol. The van der Waals surface area contributed by atoms with Crippen LogP contribution in [0.3, 0.4) is 0 Å². The first-order valence-corrected chi connectivity index (χ1v) is 10.6. The molecule has 2 aromatic rings. The monoisotopic (exact) mass is 400 g/mol. The van der Waals surface area contributed by atoms with E-state index in [9.17, 15) is 14.4 Å². The van der Waals surface area contributed by atoms with Gasteiger partial charge in [-0.3, -0.25) is 14.4 Å². The molecule has 0 spiro atoms.